The number of nitrogens with zero attached hydrogens (tertiary/aromatic N) is 3. The van der Waals surface area contributed by atoms with Gasteiger partial charge in [-0.05, 0) is 22.3 Å². The Bertz CT molecular complexity index is 1450. The van der Waals surface area contributed by atoms with Crippen molar-refractivity contribution >= 4 is 5.65 Å². The van der Waals surface area contributed by atoms with Crippen molar-refractivity contribution in [2.45, 2.75) is 13.0 Å². The van der Waals surface area contributed by atoms with Crippen molar-refractivity contribution in [3.05, 3.63) is 118 Å². The van der Waals surface area contributed by atoms with Gasteiger partial charge >= 0.3 is 0 Å². The van der Waals surface area contributed by atoms with E-state index in [1.807, 2.05) is 39.4 Å². The Balaban J connectivity index is 1.64. The maximum absolute atomic E-state index is 13.4. The van der Waals surface area contributed by atoms with Crippen LogP contribution in [0.1, 0.15) is 16.8 Å². The van der Waals surface area contributed by atoms with E-state index in [0.717, 1.165) is 28.9 Å². The monoisotopic (exact) mass is 389 g/mol. The predicted molar refractivity (Wildman–Crippen MR) is 119 cm³/mol. The van der Waals surface area contributed by atoms with Gasteiger partial charge < -0.3 is 0 Å². The Kier molecular flexibility index (Phi) is 3.71. The van der Waals surface area contributed by atoms with Crippen LogP contribution in [0.4, 0.5) is 0 Å². The van der Waals surface area contributed by atoms with Gasteiger partial charge in [0.2, 0.25) is 5.65 Å². The molecule has 3 aromatic carbocycles. The summed E-state index contributed by atoms with van der Waals surface area (Å²) in [5.41, 5.74) is 8.47. The number of hydrogen-bond donors (Lipinski definition) is 0. The average Bonchev–Trinajstić information content (AvgIpc) is 3.43. The lowest BCUT2D eigenvalue weighted by Gasteiger charge is -2.15. The molecular formula is C26H19N3O. The van der Waals surface area contributed by atoms with Gasteiger partial charge in [-0.3, -0.25) is 13.8 Å². The molecule has 0 amide bonds. The topological polar surface area (TPSA) is 39.3 Å². The number of fused-ring (bicyclic) bond motifs is 5. The highest BCUT2D eigenvalue weighted by Crippen LogP contribution is 2.41. The second kappa shape index (κ2) is 6.56. The van der Waals surface area contributed by atoms with Crippen molar-refractivity contribution in [3.8, 4) is 22.4 Å². The fourth-order valence-electron chi connectivity index (χ4n) is 4.61. The van der Waals surface area contributed by atoms with Crippen molar-refractivity contribution < 1.29 is 0 Å². The van der Waals surface area contributed by atoms with Crippen LogP contribution in [0, 0.1) is 0 Å². The van der Waals surface area contributed by atoms with E-state index in [1.54, 1.807) is 6.20 Å². The molecule has 0 unspecified atom stereocenters. The summed E-state index contributed by atoms with van der Waals surface area (Å²) >= 11 is 0. The van der Waals surface area contributed by atoms with Crippen LogP contribution in [0.2, 0.25) is 0 Å². The van der Waals surface area contributed by atoms with Gasteiger partial charge in [0.15, 0.2) is 0 Å². The van der Waals surface area contributed by atoms with E-state index < -0.39 is 0 Å². The zero-order valence-corrected chi connectivity index (χ0v) is 16.3. The first-order valence-electron chi connectivity index (χ1n) is 10.1. The van der Waals surface area contributed by atoms with Gasteiger partial charge in [0.1, 0.15) is 0 Å². The minimum Gasteiger partial charge on any atom is -0.299 e. The Morgan fingerprint density at radius 2 is 1.57 bits per heavy atom. The standard InChI is InChI=1S/C26H19N3O/c30-26-25-27-14-15-28(25)23-16-22-20(19-10-5-2-6-11-19)12-7-13-21(22)24(23)29(26)17-18-8-3-1-4-9-18/h1-15H,16-17H2. The summed E-state index contributed by atoms with van der Waals surface area (Å²) in [4.78, 5) is 17.8. The van der Waals surface area contributed by atoms with E-state index in [1.165, 1.54) is 16.7 Å². The molecule has 2 aromatic heterocycles. The molecule has 6 rings (SSSR count). The largest absolute Gasteiger partial charge is 0.299 e. The van der Waals surface area contributed by atoms with Gasteiger partial charge in [-0.15, -0.1) is 0 Å². The highest BCUT2D eigenvalue weighted by Gasteiger charge is 2.28. The average molecular weight is 389 g/mol. The molecule has 30 heavy (non-hydrogen) atoms. The third kappa shape index (κ3) is 2.47. The fourth-order valence-corrected chi connectivity index (χ4v) is 4.61. The molecule has 2 heterocycles. The molecule has 0 bridgehead atoms. The lowest BCUT2D eigenvalue weighted by atomic mass is 9.96. The maximum Gasteiger partial charge on any atom is 0.295 e. The first-order chi connectivity index (χ1) is 14.8. The molecule has 0 N–H and O–H groups in total. The number of benzene rings is 3. The smallest absolute Gasteiger partial charge is 0.295 e. The summed E-state index contributed by atoms with van der Waals surface area (Å²) in [5, 5.41) is 0. The molecule has 0 radical (unpaired) electrons. The van der Waals surface area contributed by atoms with Crippen molar-refractivity contribution in [1.82, 2.24) is 14.0 Å². The number of rotatable bonds is 3. The normalized spacial score (nSPS) is 12.1. The van der Waals surface area contributed by atoms with Crippen molar-refractivity contribution in [1.29, 1.82) is 0 Å². The molecule has 0 saturated heterocycles. The molecular weight excluding hydrogens is 370 g/mol. The number of aromatic nitrogens is 3. The van der Waals surface area contributed by atoms with Crippen LogP contribution in [-0.4, -0.2) is 14.0 Å². The van der Waals surface area contributed by atoms with Gasteiger partial charge in [0.25, 0.3) is 5.56 Å². The van der Waals surface area contributed by atoms with E-state index in [9.17, 15) is 4.79 Å². The van der Waals surface area contributed by atoms with Gasteiger partial charge in [-0.25, -0.2) is 4.98 Å². The number of imidazole rings is 1. The lowest BCUT2D eigenvalue weighted by Crippen LogP contribution is -2.26. The molecule has 0 aliphatic heterocycles. The Labute approximate surface area is 173 Å². The summed E-state index contributed by atoms with van der Waals surface area (Å²) in [7, 11) is 0. The first kappa shape index (κ1) is 17.0. The summed E-state index contributed by atoms with van der Waals surface area (Å²) < 4.78 is 3.86. The van der Waals surface area contributed by atoms with Crippen molar-refractivity contribution in [3.63, 3.8) is 0 Å². The third-order valence-corrected chi connectivity index (χ3v) is 5.95. The predicted octanol–water partition coefficient (Wildman–Crippen LogP) is 4.78. The van der Waals surface area contributed by atoms with Gasteiger partial charge in [0, 0.05) is 24.4 Å². The van der Waals surface area contributed by atoms with Crippen LogP contribution < -0.4 is 5.56 Å². The van der Waals surface area contributed by atoms with Crippen molar-refractivity contribution in [2.75, 3.05) is 0 Å². The zero-order chi connectivity index (χ0) is 20.1. The molecule has 0 saturated carbocycles. The van der Waals surface area contributed by atoms with Gasteiger partial charge in [-0.1, -0.05) is 78.9 Å². The minimum atomic E-state index is -0.0550. The van der Waals surface area contributed by atoms with E-state index >= 15 is 0 Å². The molecule has 1 aliphatic rings. The van der Waals surface area contributed by atoms with E-state index in [0.29, 0.717) is 12.2 Å². The molecule has 4 nitrogen and oxygen atoms in total. The van der Waals surface area contributed by atoms with Crippen LogP contribution in [0.25, 0.3) is 28.0 Å². The lowest BCUT2D eigenvalue weighted by molar-refractivity contribution is 0.753. The van der Waals surface area contributed by atoms with Crippen molar-refractivity contribution in [2.24, 2.45) is 0 Å². The van der Waals surface area contributed by atoms with E-state index in [2.05, 4.69) is 59.6 Å². The van der Waals surface area contributed by atoms with Crippen LogP contribution in [0.3, 0.4) is 0 Å². The van der Waals surface area contributed by atoms with E-state index in [4.69, 9.17) is 0 Å². The summed E-state index contributed by atoms with van der Waals surface area (Å²) in [6.45, 7) is 0.528. The molecule has 0 fully saturated rings. The molecule has 5 aromatic rings. The Morgan fingerprint density at radius 1 is 0.833 bits per heavy atom. The van der Waals surface area contributed by atoms with Crippen LogP contribution >= 0.6 is 0 Å². The Hall–Kier alpha value is -3.92. The SMILES string of the molecule is O=c1c2nccn2c2c(n1Cc1ccccc1)-c1cccc(-c3ccccc3)c1C2. The Morgan fingerprint density at radius 3 is 2.37 bits per heavy atom. The second-order valence-electron chi connectivity index (χ2n) is 7.67. The van der Waals surface area contributed by atoms with Gasteiger partial charge in [0.05, 0.1) is 17.9 Å². The van der Waals surface area contributed by atoms with Crippen LogP contribution in [0.5, 0.6) is 0 Å². The van der Waals surface area contributed by atoms with Gasteiger partial charge in [-0.2, -0.15) is 0 Å². The maximum atomic E-state index is 13.4. The van der Waals surface area contributed by atoms with Crippen LogP contribution in [0.15, 0.2) is 96.1 Å². The highest BCUT2D eigenvalue weighted by molar-refractivity contribution is 5.83. The molecule has 1 aliphatic carbocycles. The third-order valence-electron chi connectivity index (χ3n) is 5.95. The quantitative estimate of drug-likeness (QED) is 0.437. The molecule has 4 heteroatoms. The summed E-state index contributed by atoms with van der Waals surface area (Å²) in [5.74, 6) is 0. The fraction of sp³-hybridized carbons (Fsp3) is 0.0769. The highest BCUT2D eigenvalue weighted by atomic mass is 16.1. The summed E-state index contributed by atoms with van der Waals surface area (Å²) in [6.07, 6.45) is 4.39. The molecule has 0 atom stereocenters. The molecule has 144 valence electrons. The minimum absolute atomic E-state index is 0.0550. The zero-order valence-electron chi connectivity index (χ0n) is 16.3. The molecule has 0 spiro atoms. The van der Waals surface area contributed by atoms with Crippen LogP contribution in [-0.2, 0) is 13.0 Å². The van der Waals surface area contributed by atoms with E-state index in [-0.39, 0.29) is 5.56 Å². The summed E-state index contributed by atoms with van der Waals surface area (Å²) in [6, 6.07) is 27.0. The number of hydrogen-bond acceptors (Lipinski definition) is 2. The second-order valence-corrected chi connectivity index (χ2v) is 7.67. The first-order valence-corrected chi connectivity index (χ1v) is 10.1.